The van der Waals surface area contributed by atoms with Crippen LogP contribution in [0.4, 0.5) is 11.4 Å². The van der Waals surface area contributed by atoms with Gasteiger partial charge in [-0.15, -0.1) is 0 Å². The maximum atomic E-state index is 2.38. The van der Waals surface area contributed by atoms with Crippen LogP contribution >= 0.6 is 11.8 Å². The lowest BCUT2D eigenvalue weighted by Crippen LogP contribution is -2.12. The summed E-state index contributed by atoms with van der Waals surface area (Å²) in [7, 11) is 2.16. The molecule has 4 aromatic carbocycles. The highest BCUT2D eigenvalue weighted by molar-refractivity contribution is 7.99. The Labute approximate surface area is 203 Å². The van der Waals surface area contributed by atoms with E-state index in [-0.39, 0.29) is 0 Å². The van der Waals surface area contributed by atoms with Crippen molar-refractivity contribution in [1.82, 2.24) is 0 Å². The Hall–Kier alpha value is -2.97. The molecule has 0 aliphatic heterocycles. The lowest BCUT2D eigenvalue weighted by Gasteiger charge is -2.27. The SMILES string of the molecule is CC(C)c1cc(N(C)c2ccccc2)cc(C(C)C)c1-c1cccc(Sc2ccccc2)c1. The molecule has 0 saturated heterocycles. The molecular weight excluding hydrogens is 418 g/mol. The Morgan fingerprint density at radius 2 is 1.12 bits per heavy atom. The zero-order valence-corrected chi connectivity index (χ0v) is 21.1. The molecule has 0 N–H and O–H groups in total. The fourth-order valence-electron chi connectivity index (χ4n) is 4.25. The normalized spacial score (nSPS) is 11.2. The fourth-order valence-corrected chi connectivity index (χ4v) is 5.15. The Morgan fingerprint density at radius 1 is 0.576 bits per heavy atom. The third-order valence-corrected chi connectivity index (χ3v) is 7.06. The van der Waals surface area contributed by atoms with Gasteiger partial charge in [-0.1, -0.05) is 88.0 Å². The summed E-state index contributed by atoms with van der Waals surface area (Å²) in [5, 5.41) is 0. The van der Waals surface area contributed by atoms with Gasteiger partial charge in [0.15, 0.2) is 0 Å². The van der Waals surface area contributed by atoms with E-state index >= 15 is 0 Å². The van der Waals surface area contributed by atoms with Crippen LogP contribution in [-0.2, 0) is 0 Å². The van der Waals surface area contributed by atoms with Crippen molar-refractivity contribution in [1.29, 1.82) is 0 Å². The summed E-state index contributed by atoms with van der Waals surface area (Å²) in [6.07, 6.45) is 0. The summed E-state index contributed by atoms with van der Waals surface area (Å²) in [5.41, 5.74) is 7.95. The molecule has 0 amide bonds. The smallest absolute Gasteiger partial charge is 0.0414 e. The third kappa shape index (κ3) is 5.34. The lowest BCUT2D eigenvalue weighted by atomic mass is 9.84. The minimum atomic E-state index is 0.423. The molecule has 2 heteroatoms. The van der Waals surface area contributed by atoms with Crippen LogP contribution in [0.25, 0.3) is 11.1 Å². The van der Waals surface area contributed by atoms with E-state index in [1.165, 1.54) is 43.4 Å². The molecule has 0 atom stereocenters. The fraction of sp³-hybridized carbons (Fsp3) is 0.226. The van der Waals surface area contributed by atoms with Gasteiger partial charge in [0.25, 0.3) is 0 Å². The largest absolute Gasteiger partial charge is 0.345 e. The van der Waals surface area contributed by atoms with Crippen molar-refractivity contribution in [2.75, 3.05) is 11.9 Å². The van der Waals surface area contributed by atoms with E-state index in [0.717, 1.165) is 0 Å². The highest BCUT2D eigenvalue weighted by atomic mass is 32.2. The van der Waals surface area contributed by atoms with Gasteiger partial charge in [0.2, 0.25) is 0 Å². The maximum Gasteiger partial charge on any atom is 0.0414 e. The lowest BCUT2D eigenvalue weighted by molar-refractivity contribution is 0.837. The maximum absolute atomic E-state index is 2.38. The van der Waals surface area contributed by atoms with Crippen molar-refractivity contribution in [3.8, 4) is 11.1 Å². The molecule has 4 rings (SSSR count). The highest BCUT2D eigenvalue weighted by Crippen LogP contribution is 2.41. The van der Waals surface area contributed by atoms with Crippen LogP contribution in [0.1, 0.15) is 50.7 Å². The number of hydrogen-bond acceptors (Lipinski definition) is 2. The van der Waals surface area contributed by atoms with E-state index < -0.39 is 0 Å². The second-order valence-corrected chi connectivity index (χ2v) is 10.3. The van der Waals surface area contributed by atoms with E-state index in [1.807, 2.05) is 11.8 Å². The standard InChI is InChI=1S/C31H33NS/c1-22(2)29-20-26(32(5)25-14-8-6-9-15-25)21-30(23(3)4)31(29)24-13-12-18-28(19-24)33-27-16-10-7-11-17-27/h6-23H,1-5H3. The number of rotatable bonds is 7. The third-order valence-electron chi connectivity index (χ3n) is 6.06. The number of anilines is 2. The molecule has 168 valence electrons. The first-order valence-corrected chi connectivity index (χ1v) is 12.6. The Balaban J connectivity index is 1.82. The van der Waals surface area contributed by atoms with Gasteiger partial charge in [-0.05, 0) is 82.6 Å². The summed E-state index contributed by atoms with van der Waals surface area (Å²) in [6, 6.07) is 35.0. The summed E-state index contributed by atoms with van der Waals surface area (Å²) in [6.45, 7) is 9.21. The molecule has 0 aromatic heterocycles. The first-order chi connectivity index (χ1) is 15.9. The van der Waals surface area contributed by atoms with Crippen LogP contribution in [0.3, 0.4) is 0 Å². The van der Waals surface area contributed by atoms with Crippen LogP contribution in [0.5, 0.6) is 0 Å². The second kappa shape index (κ2) is 10.3. The van der Waals surface area contributed by atoms with Gasteiger partial charge in [0.1, 0.15) is 0 Å². The van der Waals surface area contributed by atoms with Crippen LogP contribution in [0, 0.1) is 0 Å². The molecule has 0 saturated carbocycles. The molecule has 0 aliphatic carbocycles. The van der Waals surface area contributed by atoms with Gasteiger partial charge in [0, 0.05) is 28.2 Å². The average Bonchev–Trinajstić information content (AvgIpc) is 2.84. The van der Waals surface area contributed by atoms with Gasteiger partial charge in [-0.25, -0.2) is 0 Å². The molecule has 33 heavy (non-hydrogen) atoms. The first-order valence-electron chi connectivity index (χ1n) is 11.7. The van der Waals surface area contributed by atoms with Crippen LogP contribution in [0.2, 0.25) is 0 Å². The van der Waals surface area contributed by atoms with E-state index in [1.54, 1.807) is 0 Å². The van der Waals surface area contributed by atoms with Crippen LogP contribution in [0.15, 0.2) is 107 Å². The zero-order chi connectivity index (χ0) is 23.4. The molecule has 0 unspecified atom stereocenters. The summed E-state index contributed by atoms with van der Waals surface area (Å²) in [5.74, 6) is 0.846. The summed E-state index contributed by atoms with van der Waals surface area (Å²) in [4.78, 5) is 4.83. The molecule has 0 radical (unpaired) electrons. The van der Waals surface area contributed by atoms with Gasteiger partial charge < -0.3 is 4.90 Å². The monoisotopic (exact) mass is 451 g/mol. The number of nitrogens with zero attached hydrogens (tertiary/aromatic N) is 1. The zero-order valence-electron chi connectivity index (χ0n) is 20.2. The molecule has 4 aromatic rings. The second-order valence-electron chi connectivity index (χ2n) is 9.15. The summed E-state index contributed by atoms with van der Waals surface area (Å²) < 4.78 is 0. The molecule has 0 heterocycles. The number of benzene rings is 4. The topological polar surface area (TPSA) is 3.24 Å². The van der Waals surface area contributed by atoms with Crippen molar-refractivity contribution in [2.45, 2.75) is 49.3 Å². The van der Waals surface area contributed by atoms with Crippen LogP contribution < -0.4 is 4.90 Å². The predicted molar refractivity (Wildman–Crippen MR) is 145 cm³/mol. The molecule has 0 aliphatic rings. The van der Waals surface area contributed by atoms with Crippen molar-refractivity contribution < 1.29 is 0 Å². The van der Waals surface area contributed by atoms with Gasteiger partial charge >= 0.3 is 0 Å². The first kappa shape index (κ1) is 23.2. The van der Waals surface area contributed by atoms with Gasteiger partial charge in [-0.2, -0.15) is 0 Å². The minimum absolute atomic E-state index is 0.423. The van der Waals surface area contributed by atoms with Gasteiger partial charge in [-0.3, -0.25) is 0 Å². The van der Waals surface area contributed by atoms with E-state index in [2.05, 4.69) is 137 Å². The van der Waals surface area contributed by atoms with Crippen molar-refractivity contribution >= 4 is 23.1 Å². The Kier molecular flexibility index (Phi) is 7.25. The van der Waals surface area contributed by atoms with Gasteiger partial charge in [0.05, 0.1) is 0 Å². The molecule has 0 spiro atoms. The quantitative estimate of drug-likeness (QED) is 0.275. The molecule has 0 fully saturated rings. The minimum Gasteiger partial charge on any atom is -0.345 e. The van der Waals surface area contributed by atoms with E-state index in [4.69, 9.17) is 0 Å². The Bertz CT molecular complexity index is 1170. The predicted octanol–water partition coefficient (Wildman–Crippen LogP) is 9.52. The Morgan fingerprint density at radius 3 is 1.70 bits per heavy atom. The highest BCUT2D eigenvalue weighted by Gasteiger charge is 2.19. The average molecular weight is 452 g/mol. The van der Waals surface area contributed by atoms with Crippen LogP contribution in [-0.4, -0.2) is 7.05 Å². The van der Waals surface area contributed by atoms with Crippen molar-refractivity contribution in [3.05, 3.63) is 108 Å². The number of hydrogen-bond donors (Lipinski definition) is 0. The van der Waals surface area contributed by atoms with Crippen molar-refractivity contribution in [3.63, 3.8) is 0 Å². The van der Waals surface area contributed by atoms with E-state index in [9.17, 15) is 0 Å². The molecule has 1 nitrogen and oxygen atoms in total. The van der Waals surface area contributed by atoms with Crippen molar-refractivity contribution in [2.24, 2.45) is 0 Å². The molecule has 0 bridgehead atoms. The molecular formula is C31H33NS. The summed E-state index contributed by atoms with van der Waals surface area (Å²) >= 11 is 1.82. The van der Waals surface area contributed by atoms with E-state index in [0.29, 0.717) is 11.8 Å². The number of para-hydroxylation sites is 1.